The Hall–Kier alpha value is -1.63. The quantitative estimate of drug-likeness (QED) is 0.416. The summed E-state index contributed by atoms with van der Waals surface area (Å²) in [6.07, 6.45) is 3.57. The predicted molar refractivity (Wildman–Crippen MR) is 130 cm³/mol. The number of aliphatic imine (C=N–C) groups is 1. The van der Waals surface area contributed by atoms with Gasteiger partial charge in [0.1, 0.15) is 0 Å². The summed E-state index contributed by atoms with van der Waals surface area (Å²) in [5, 5.41) is 10.9. The van der Waals surface area contributed by atoms with Gasteiger partial charge in [0.2, 0.25) is 0 Å². The molecule has 2 fully saturated rings. The molecule has 3 N–H and O–H groups in total. The average Bonchev–Trinajstić information content (AvgIpc) is 3.27. The molecule has 0 spiro atoms. The maximum absolute atomic E-state index is 5.53. The molecule has 2 atom stereocenters. The molecule has 2 aliphatic rings. The molecule has 1 aromatic rings. The highest BCUT2D eigenvalue weighted by Crippen LogP contribution is 2.18. The van der Waals surface area contributed by atoms with Crippen molar-refractivity contribution in [2.45, 2.75) is 64.6 Å². The van der Waals surface area contributed by atoms with Crippen molar-refractivity contribution in [3.63, 3.8) is 0 Å². The predicted octanol–water partition coefficient (Wildman–Crippen LogP) is 3.17. The van der Waals surface area contributed by atoms with Crippen molar-refractivity contribution >= 4 is 5.96 Å². The monoisotopic (exact) mass is 429 g/mol. The zero-order chi connectivity index (χ0) is 22.1. The van der Waals surface area contributed by atoms with Crippen molar-refractivity contribution in [3.8, 4) is 0 Å². The van der Waals surface area contributed by atoms with Crippen LogP contribution in [0.3, 0.4) is 0 Å². The van der Waals surface area contributed by atoms with E-state index in [4.69, 9.17) is 9.73 Å². The Morgan fingerprint density at radius 1 is 1.19 bits per heavy atom. The van der Waals surface area contributed by atoms with Gasteiger partial charge in [0.15, 0.2) is 5.96 Å². The third-order valence-electron chi connectivity index (χ3n) is 6.35. The fraction of sp³-hybridized carbons (Fsp3) is 0.720. The molecule has 1 aromatic carbocycles. The average molecular weight is 430 g/mol. The third-order valence-corrected chi connectivity index (χ3v) is 6.35. The van der Waals surface area contributed by atoms with Gasteiger partial charge in [-0.2, -0.15) is 0 Å². The molecule has 6 nitrogen and oxygen atoms in total. The van der Waals surface area contributed by atoms with E-state index in [1.807, 2.05) is 0 Å². The van der Waals surface area contributed by atoms with E-state index in [1.54, 1.807) is 0 Å². The molecule has 2 unspecified atom stereocenters. The number of hydrogen-bond donors (Lipinski definition) is 3. The minimum absolute atomic E-state index is 0.0929. The standard InChI is InChI=1S/C25H43N5O/c1-5-26-24(27-19-25(3,4)29-20(2)22-9-7-6-8-10-22)28-23-11-14-30(15-12-23)17-21-13-16-31-18-21/h6-10,20-21,23,29H,5,11-19H2,1-4H3,(H2,26,27,28). The highest BCUT2D eigenvalue weighted by Gasteiger charge is 2.25. The van der Waals surface area contributed by atoms with Crippen molar-refractivity contribution in [2.24, 2.45) is 10.9 Å². The van der Waals surface area contributed by atoms with Gasteiger partial charge in [-0.15, -0.1) is 0 Å². The number of piperidine rings is 1. The Bertz CT molecular complexity index is 664. The second-order valence-corrected chi connectivity index (χ2v) is 9.80. The summed E-state index contributed by atoms with van der Waals surface area (Å²) in [5.74, 6) is 1.67. The molecule has 2 saturated heterocycles. The molecule has 31 heavy (non-hydrogen) atoms. The Balaban J connectivity index is 1.46. The number of nitrogens with one attached hydrogen (secondary N) is 3. The summed E-state index contributed by atoms with van der Waals surface area (Å²) >= 11 is 0. The van der Waals surface area contributed by atoms with E-state index >= 15 is 0 Å². The lowest BCUT2D eigenvalue weighted by Crippen LogP contribution is -2.50. The van der Waals surface area contributed by atoms with Gasteiger partial charge < -0.3 is 25.6 Å². The number of guanidine groups is 1. The van der Waals surface area contributed by atoms with Crippen LogP contribution in [0.15, 0.2) is 35.3 Å². The Morgan fingerprint density at radius 2 is 1.94 bits per heavy atom. The highest BCUT2D eigenvalue weighted by molar-refractivity contribution is 5.80. The van der Waals surface area contributed by atoms with Crippen molar-refractivity contribution in [2.75, 3.05) is 45.9 Å². The van der Waals surface area contributed by atoms with Crippen molar-refractivity contribution < 1.29 is 4.74 Å². The van der Waals surface area contributed by atoms with Gasteiger partial charge in [0, 0.05) is 50.4 Å². The number of benzene rings is 1. The second-order valence-electron chi connectivity index (χ2n) is 9.80. The number of rotatable bonds is 9. The minimum Gasteiger partial charge on any atom is -0.381 e. The van der Waals surface area contributed by atoms with Crippen LogP contribution in [0.1, 0.15) is 58.6 Å². The molecule has 0 saturated carbocycles. The van der Waals surface area contributed by atoms with Crippen LogP contribution in [-0.4, -0.2) is 68.4 Å². The fourth-order valence-corrected chi connectivity index (χ4v) is 4.60. The molecule has 2 heterocycles. The van der Waals surface area contributed by atoms with Crippen LogP contribution in [-0.2, 0) is 4.74 Å². The van der Waals surface area contributed by atoms with Crippen LogP contribution in [0.5, 0.6) is 0 Å². The minimum atomic E-state index is -0.0929. The van der Waals surface area contributed by atoms with Gasteiger partial charge in [-0.1, -0.05) is 30.3 Å². The first-order valence-electron chi connectivity index (χ1n) is 12.1. The van der Waals surface area contributed by atoms with E-state index < -0.39 is 0 Å². The molecule has 2 aliphatic heterocycles. The Morgan fingerprint density at radius 3 is 2.58 bits per heavy atom. The van der Waals surface area contributed by atoms with Crippen molar-refractivity contribution in [3.05, 3.63) is 35.9 Å². The van der Waals surface area contributed by atoms with Crippen LogP contribution in [0.25, 0.3) is 0 Å². The van der Waals surface area contributed by atoms with Gasteiger partial charge in [-0.3, -0.25) is 4.99 Å². The molecule has 0 radical (unpaired) electrons. The molecule has 0 aromatic heterocycles. The molecule has 0 bridgehead atoms. The highest BCUT2D eigenvalue weighted by atomic mass is 16.5. The largest absolute Gasteiger partial charge is 0.381 e. The lowest BCUT2D eigenvalue weighted by Gasteiger charge is -2.34. The molecule has 0 aliphatic carbocycles. The Kier molecular flexibility index (Phi) is 9.17. The molecular formula is C25H43N5O. The van der Waals surface area contributed by atoms with Gasteiger partial charge in [-0.05, 0) is 58.4 Å². The van der Waals surface area contributed by atoms with Crippen LogP contribution in [0.4, 0.5) is 0 Å². The maximum Gasteiger partial charge on any atom is 0.191 e. The fourth-order valence-electron chi connectivity index (χ4n) is 4.60. The summed E-state index contributed by atoms with van der Waals surface area (Å²) in [6.45, 7) is 15.8. The summed E-state index contributed by atoms with van der Waals surface area (Å²) in [4.78, 5) is 7.54. The normalized spacial score (nSPS) is 22.5. The van der Waals surface area contributed by atoms with E-state index in [1.165, 1.54) is 31.4 Å². The first-order chi connectivity index (χ1) is 14.9. The SMILES string of the molecule is CCNC(=NCC(C)(C)NC(C)c1ccccc1)NC1CCN(CC2CCOC2)CC1. The number of likely N-dealkylation sites (tertiary alicyclic amines) is 1. The summed E-state index contributed by atoms with van der Waals surface area (Å²) < 4.78 is 5.53. The summed E-state index contributed by atoms with van der Waals surface area (Å²) in [6, 6.07) is 11.4. The van der Waals surface area contributed by atoms with Crippen LogP contribution < -0.4 is 16.0 Å². The first-order valence-corrected chi connectivity index (χ1v) is 12.1. The van der Waals surface area contributed by atoms with Crippen molar-refractivity contribution in [1.29, 1.82) is 0 Å². The molecule has 0 amide bonds. The first kappa shape index (κ1) is 24.0. The van der Waals surface area contributed by atoms with Crippen LogP contribution in [0.2, 0.25) is 0 Å². The Labute approximate surface area is 189 Å². The summed E-state index contributed by atoms with van der Waals surface area (Å²) in [7, 11) is 0. The van der Waals surface area contributed by atoms with E-state index in [0.29, 0.717) is 6.04 Å². The van der Waals surface area contributed by atoms with Gasteiger partial charge in [-0.25, -0.2) is 0 Å². The molecule has 6 heteroatoms. The smallest absolute Gasteiger partial charge is 0.191 e. The lowest BCUT2D eigenvalue weighted by molar-refractivity contribution is 0.150. The molecular weight excluding hydrogens is 386 g/mol. The maximum atomic E-state index is 5.53. The van der Waals surface area contributed by atoms with Crippen molar-refractivity contribution in [1.82, 2.24) is 20.9 Å². The molecule has 174 valence electrons. The van der Waals surface area contributed by atoms with Gasteiger partial charge in [0.05, 0.1) is 13.2 Å². The third kappa shape index (κ3) is 8.09. The number of ether oxygens (including phenoxy) is 1. The number of hydrogen-bond acceptors (Lipinski definition) is 4. The molecule has 3 rings (SSSR count). The second kappa shape index (κ2) is 11.8. The van der Waals surface area contributed by atoms with E-state index in [0.717, 1.165) is 51.3 Å². The zero-order valence-corrected chi connectivity index (χ0v) is 20.0. The van der Waals surface area contributed by atoms with E-state index in [9.17, 15) is 0 Å². The van der Waals surface area contributed by atoms with Gasteiger partial charge >= 0.3 is 0 Å². The summed E-state index contributed by atoms with van der Waals surface area (Å²) in [5.41, 5.74) is 1.21. The topological polar surface area (TPSA) is 60.9 Å². The zero-order valence-electron chi connectivity index (χ0n) is 20.0. The van der Waals surface area contributed by atoms with Gasteiger partial charge in [0.25, 0.3) is 0 Å². The van der Waals surface area contributed by atoms with E-state index in [2.05, 4.69) is 78.9 Å². The van der Waals surface area contributed by atoms with Crippen LogP contribution in [0, 0.1) is 5.92 Å². The lowest BCUT2D eigenvalue weighted by atomic mass is 10.0. The van der Waals surface area contributed by atoms with E-state index in [-0.39, 0.29) is 11.6 Å². The number of nitrogens with zero attached hydrogens (tertiary/aromatic N) is 2. The van der Waals surface area contributed by atoms with Crippen LogP contribution >= 0.6 is 0 Å².